The van der Waals surface area contributed by atoms with Crippen molar-refractivity contribution < 1.29 is 44.4 Å². The van der Waals surface area contributed by atoms with Crippen LogP contribution in [0.2, 0.25) is 0 Å². The molecule has 0 heterocycles. The van der Waals surface area contributed by atoms with Gasteiger partial charge in [0.05, 0.1) is 13.2 Å². The van der Waals surface area contributed by atoms with E-state index in [2.05, 4.69) is 16.0 Å². The van der Waals surface area contributed by atoms with Crippen molar-refractivity contribution in [1.82, 2.24) is 16.0 Å². The molecule has 0 fully saturated rings. The lowest BCUT2D eigenvalue weighted by molar-refractivity contribution is -0.143. The van der Waals surface area contributed by atoms with Crippen molar-refractivity contribution in [2.24, 2.45) is 11.5 Å². The second kappa shape index (κ2) is 15.1. The number of amides is 3. The highest BCUT2D eigenvalue weighted by molar-refractivity contribution is 5.94. The average Bonchev–Trinajstić information content (AvgIpc) is 2.72. The van der Waals surface area contributed by atoms with E-state index in [1.54, 1.807) is 0 Å². The first-order chi connectivity index (χ1) is 14.6. The van der Waals surface area contributed by atoms with Crippen molar-refractivity contribution in [2.45, 2.75) is 56.3 Å². The Kier molecular flexibility index (Phi) is 13.7. The van der Waals surface area contributed by atoms with Crippen molar-refractivity contribution >= 4 is 29.7 Å². The maximum atomic E-state index is 12.5. The summed E-state index contributed by atoms with van der Waals surface area (Å²) in [6.45, 7) is -1.20. The number of aliphatic hydroxyl groups is 2. The molecule has 0 bridgehead atoms. The third-order valence-corrected chi connectivity index (χ3v) is 4.19. The molecule has 0 saturated heterocycles. The number of nitrogens with one attached hydrogen (secondary N) is 3. The molecule has 0 saturated carbocycles. The molecule has 0 radical (unpaired) electrons. The number of nitrogens with two attached hydrogens (primary N) is 2. The van der Waals surface area contributed by atoms with Crippen LogP contribution in [0.4, 0.5) is 0 Å². The van der Waals surface area contributed by atoms with Crippen LogP contribution in [-0.4, -0.2) is 94.0 Å². The van der Waals surface area contributed by atoms with Crippen LogP contribution in [0.25, 0.3) is 0 Å². The topological polar surface area (TPSA) is 254 Å². The predicted octanol–water partition coefficient (Wildman–Crippen LogP) is -4.17. The molecule has 14 heteroatoms. The number of unbranched alkanes of at least 4 members (excludes halogenated alkanes) is 1. The predicted molar refractivity (Wildman–Crippen MR) is 105 cm³/mol. The standard InChI is InChI=1S/C17H31N5O9/c18-6-2-1-3-10(20-14(27)9(19)7-23)15(28)22-12(8-24)16(29)21-11(17(30)31)4-5-13(25)26/h9-12,23-24H,1-8,18-19H2,(H,20,27)(H,21,29)(H,22,28)(H,25,26)(H,30,31). The fourth-order valence-electron chi connectivity index (χ4n) is 2.39. The van der Waals surface area contributed by atoms with Gasteiger partial charge in [0.15, 0.2) is 0 Å². The quantitative estimate of drug-likeness (QED) is 0.102. The van der Waals surface area contributed by atoms with E-state index < -0.39 is 79.9 Å². The summed E-state index contributed by atoms with van der Waals surface area (Å²) in [7, 11) is 0. The third kappa shape index (κ3) is 11.2. The van der Waals surface area contributed by atoms with Gasteiger partial charge in [-0.1, -0.05) is 0 Å². The Hall–Kier alpha value is -2.81. The van der Waals surface area contributed by atoms with Gasteiger partial charge in [-0.3, -0.25) is 19.2 Å². The molecule has 0 aromatic heterocycles. The highest BCUT2D eigenvalue weighted by atomic mass is 16.4. The van der Waals surface area contributed by atoms with Gasteiger partial charge in [-0.15, -0.1) is 0 Å². The Morgan fingerprint density at radius 3 is 1.77 bits per heavy atom. The van der Waals surface area contributed by atoms with Crippen molar-refractivity contribution in [1.29, 1.82) is 0 Å². The molecule has 11 N–H and O–H groups in total. The van der Waals surface area contributed by atoms with Crippen LogP contribution in [-0.2, 0) is 24.0 Å². The maximum absolute atomic E-state index is 12.5. The fourth-order valence-corrected chi connectivity index (χ4v) is 2.39. The zero-order chi connectivity index (χ0) is 24.0. The van der Waals surface area contributed by atoms with Gasteiger partial charge in [0.2, 0.25) is 17.7 Å². The molecule has 0 aromatic rings. The summed E-state index contributed by atoms with van der Waals surface area (Å²) in [4.78, 5) is 58.6. The largest absolute Gasteiger partial charge is 0.481 e. The van der Waals surface area contributed by atoms with Gasteiger partial charge >= 0.3 is 11.9 Å². The van der Waals surface area contributed by atoms with Crippen molar-refractivity contribution in [2.75, 3.05) is 19.8 Å². The monoisotopic (exact) mass is 449 g/mol. The molecule has 4 unspecified atom stereocenters. The van der Waals surface area contributed by atoms with Crippen LogP contribution < -0.4 is 27.4 Å². The Bertz CT molecular complexity index is 631. The summed E-state index contributed by atoms with van der Waals surface area (Å²) in [5, 5.41) is 42.8. The number of aliphatic carboxylic acids is 2. The Labute approximate surface area is 178 Å². The normalized spacial score (nSPS) is 14.6. The van der Waals surface area contributed by atoms with Gasteiger partial charge in [-0.2, -0.15) is 0 Å². The van der Waals surface area contributed by atoms with Gasteiger partial charge < -0.3 is 47.8 Å². The molecule has 0 aromatic carbocycles. The molecule has 31 heavy (non-hydrogen) atoms. The number of carbonyl (C=O) groups excluding carboxylic acids is 3. The van der Waals surface area contributed by atoms with Crippen LogP contribution in [0.5, 0.6) is 0 Å². The summed E-state index contributed by atoms with van der Waals surface area (Å²) >= 11 is 0. The average molecular weight is 449 g/mol. The maximum Gasteiger partial charge on any atom is 0.326 e. The first-order valence-corrected chi connectivity index (χ1v) is 9.60. The second-order valence-electron chi connectivity index (χ2n) is 6.71. The fraction of sp³-hybridized carbons (Fsp3) is 0.706. The highest BCUT2D eigenvalue weighted by Crippen LogP contribution is 2.03. The summed E-state index contributed by atoms with van der Waals surface area (Å²) in [6.07, 6.45) is 0.186. The smallest absolute Gasteiger partial charge is 0.326 e. The number of hydrogen-bond acceptors (Lipinski definition) is 9. The van der Waals surface area contributed by atoms with Crippen molar-refractivity contribution in [3.05, 3.63) is 0 Å². The minimum absolute atomic E-state index is 0.128. The molecule has 14 nitrogen and oxygen atoms in total. The van der Waals surface area contributed by atoms with E-state index in [1.165, 1.54) is 0 Å². The van der Waals surface area contributed by atoms with Gasteiger partial charge in [0.25, 0.3) is 0 Å². The van der Waals surface area contributed by atoms with Crippen LogP contribution in [0.3, 0.4) is 0 Å². The second-order valence-corrected chi connectivity index (χ2v) is 6.71. The van der Waals surface area contributed by atoms with E-state index in [1.807, 2.05) is 0 Å². The van der Waals surface area contributed by atoms with Crippen LogP contribution >= 0.6 is 0 Å². The number of carbonyl (C=O) groups is 5. The first kappa shape index (κ1) is 28.2. The Morgan fingerprint density at radius 2 is 1.29 bits per heavy atom. The molecule has 0 aliphatic heterocycles. The summed E-state index contributed by atoms with van der Waals surface area (Å²) in [5.41, 5.74) is 10.8. The lowest BCUT2D eigenvalue weighted by Crippen LogP contribution is -2.58. The van der Waals surface area contributed by atoms with Gasteiger partial charge in [0, 0.05) is 6.42 Å². The SMILES string of the molecule is NCCCCC(NC(=O)C(N)CO)C(=O)NC(CO)C(=O)NC(CCC(=O)O)C(=O)O. The number of aliphatic hydroxyl groups excluding tert-OH is 2. The van der Waals surface area contributed by atoms with E-state index in [9.17, 15) is 29.1 Å². The summed E-state index contributed by atoms with van der Waals surface area (Å²) in [5.74, 6) is -5.44. The molecule has 178 valence electrons. The Balaban J connectivity index is 5.17. The number of carboxylic acids is 2. The van der Waals surface area contributed by atoms with Crippen molar-refractivity contribution in [3.63, 3.8) is 0 Å². The molecule has 4 atom stereocenters. The lowest BCUT2D eigenvalue weighted by Gasteiger charge is -2.24. The van der Waals surface area contributed by atoms with Gasteiger partial charge in [0.1, 0.15) is 24.2 Å². The van der Waals surface area contributed by atoms with Gasteiger partial charge in [-0.05, 0) is 32.2 Å². The van der Waals surface area contributed by atoms with E-state index >= 15 is 0 Å². The van der Waals surface area contributed by atoms with Crippen LogP contribution in [0, 0.1) is 0 Å². The first-order valence-electron chi connectivity index (χ1n) is 9.60. The summed E-state index contributed by atoms with van der Waals surface area (Å²) in [6, 6.07) is -5.52. The molecule has 0 aliphatic rings. The number of hydrogen-bond donors (Lipinski definition) is 9. The zero-order valence-corrected chi connectivity index (χ0v) is 17.0. The molecular formula is C17H31N5O9. The third-order valence-electron chi connectivity index (χ3n) is 4.19. The highest BCUT2D eigenvalue weighted by Gasteiger charge is 2.30. The summed E-state index contributed by atoms with van der Waals surface area (Å²) < 4.78 is 0. The number of rotatable bonds is 16. The number of carboxylic acid groups (broad SMARTS) is 2. The minimum atomic E-state index is -1.56. The minimum Gasteiger partial charge on any atom is -0.481 e. The lowest BCUT2D eigenvalue weighted by atomic mass is 10.1. The van der Waals surface area contributed by atoms with Gasteiger partial charge in [-0.25, -0.2) is 4.79 Å². The van der Waals surface area contributed by atoms with Crippen LogP contribution in [0.1, 0.15) is 32.1 Å². The molecule has 0 spiro atoms. The zero-order valence-electron chi connectivity index (χ0n) is 17.0. The Morgan fingerprint density at radius 1 is 0.742 bits per heavy atom. The molecular weight excluding hydrogens is 418 g/mol. The molecule has 0 aliphatic carbocycles. The van der Waals surface area contributed by atoms with Crippen LogP contribution in [0.15, 0.2) is 0 Å². The van der Waals surface area contributed by atoms with E-state index in [0.29, 0.717) is 19.4 Å². The van der Waals surface area contributed by atoms with E-state index in [-0.39, 0.29) is 6.42 Å². The van der Waals surface area contributed by atoms with E-state index in [4.69, 9.17) is 26.8 Å². The molecule has 0 rings (SSSR count). The van der Waals surface area contributed by atoms with E-state index in [0.717, 1.165) is 0 Å². The molecule has 3 amide bonds. The van der Waals surface area contributed by atoms with Crippen molar-refractivity contribution in [3.8, 4) is 0 Å².